The van der Waals surface area contributed by atoms with Gasteiger partial charge in [-0.1, -0.05) is 23.2 Å². The predicted molar refractivity (Wildman–Crippen MR) is 79.0 cm³/mol. The highest BCUT2D eigenvalue weighted by molar-refractivity contribution is 6.36. The summed E-state index contributed by atoms with van der Waals surface area (Å²) < 4.78 is 15.0. The van der Waals surface area contributed by atoms with E-state index in [9.17, 15) is 4.39 Å². The van der Waals surface area contributed by atoms with Crippen LogP contribution in [0.15, 0.2) is 36.8 Å². The smallest absolute Gasteiger partial charge is 0.250 e. The average Bonchev–Trinajstić information content (AvgIpc) is 2.86. The maximum absolute atomic E-state index is 13.6. The summed E-state index contributed by atoms with van der Waals surface area (Å²) in [5.41, 5.74) is 6.93. The normalized spacial score (nSPS) is 10.8. The van der Waals surface area contributed by atoms with Crippen molar-refractivity contribution in [3.63, 3.8) is 0 Å². The summed E-state index contributed by atoms with van der Waals surface area (Å²) in [6, 6.07) is 4.19. The number of hydrogen-bond donors (Lipinski definition) is 1. The molecule has 2 aromatic heterocycles. The van der Waals surface area contributed by atoms with Gasteiger partial charge in [0.25, 0.3) is 5.95 Å². The topological polar surface area (TPSA) is 69.6 Å². The molecule has 0 saturated carbocycles. The molecule has 0 spiro atoms. The van der Waals surface area contributed by atoms with Crippen molar-refractivity contribution in [3.05, 3.63) is 52.7 Å². The summed E-state index contributed by atoms with van der Waals surface area (Å²) in [7, 11) is 0. The zero-order valence-corrected chi connectivity index (χ0v) is 12.0. The van der Waals surface area contributed by atoms with Crippen LogP contribution in [0, 0.1) is 5.82 Å². The highest BCUT2D eigenvalue weighted by Gasteiger charge is 2.16. The Hall–Kier alpha value is -2.18. The fourth-order valence-corrected chi connectivity index (χ4v) is 2.29. The lowest BCUT2D eigenvalue weighted by atomic mass is 10.1. The molecule has 0 bridgehead atoms. The summed E-state index contributed by atoms with van der Waals surface area (Å²) in [6.45, 7) is 0. The van der Waals surface area contributed by atoms with Gasteiger partial charge in [0.15, 0.2) is 0 Å². The summed E-state index contributed by atoms with van der Waals surface area (Å²) >= 11 is 11.8. The molecule has 0 radical (unpaired) electrons. The molecule has 2 N–H and O–H groups in total. The Kier molecular flexibility index (Phi) is 3.48. The van der Waals surface area contributed by atoms with Crippen LogP contribution >= 0.6 is 23.2 Å². The van der Waals surface area contributed by atoms with Crippen LogP contribution in [0.5, 0.6) is 0 Å². The van der Waals surface area contributed by atoms with Crippen molar-refractivity contribution >= 4 is 28.9 Å². The van der Waals surface area contributed by atoms with E-state index in [1.165, 1.54) is 23.0 Å². The highest BCUT2D eigenvalue weighted by Crippen LogP contribution is 2.34. The summed E-state index contributed by atoms with van der Waals surface area (Å²) in [5.74, 6) is -0.248. The van der Waals surface area contributed by atoms with E-state index in [4.69, 9.17) is 28.9 Å². The summed E-state index contributed by atoms with van der Waals surface area (Å²) in [5, 5.41) is 4.45. The maximum atomic E-state index is 13.6. The van der Waals surface area contributed by atoms with E-state index in [1.807, 2.05) is 0 Å². The zero-order chi connectivity index (χ0) is 15.0. The molecular formula is C13H8Cl2FN5. The van der Waals surface area contributed by atoms with Gasteiger partial charge in [-0.25, -0.2) is 19.0 Å². The van der Waals surface area contributed by atoms with Crippen LogP contribution in [-0.2, 0) is 0 Å². The third-order valence-electron chi connectivity index (χ3n) is 2.76. The number of nitrogens with two attached hydrogens (primary N) is 1. The summed E-state index contributed by atoms with van der Waals surface area (Å²) in [4.78, 5) is 8.11. The molecule has 2 heterocycles. The molecule has 0 aliphatic carbocycles. The van der Waals surface area contributed by atoms with E-state index in [1.54, 1.807) is 18.5 Å². The molecule has 0 fully saturated rings. The molecule has 0 aliphatic rings. The van der Waals surface area contributed by atoms with Gasteiger partial charge >= 0.3 is 0 Å². The van der Waals surface area contributed by atoms with Crippen molar-refractivity contribution in [2.75, 3.05) is 5.73 Å². The van der Waals surface area contributed by atoms with E-state index in [2.05, 4.69) is 15.1 Å². The second-order valence-corrected chi connectivity index (χ2v) is 4.99. The van der Waals surface area contributed by atoms with Crippen molar-refractivity contribution in [2.24, 2.45) is 0 Å². The number of anilines is 1. The molecule has 0 amide bonds. The number of halogens is 3. The average molecular weight is 324 g/mol. The first kappa shape index (κ1) is 13.8. The first-order chi connectivity index (χ1) is 10.1. The Morgan fingerprint density at radius 2 is 1.81 bits per heavy atom. The molecule has 8 heteroatoms. The molecule has 3 aromatic rings. The Morgan fingerprint density at radius 1 is 1.10 bits per heavy atom. The minimum absolute atomic E-state index is 0.0619. The van der Waals surface area contributed by atoms with Crippen molar-refractivity contribution in [1.29, 1.82) is 0 Å². The standard InChI is InChI=1S/C13H8Cl2FN5/c14-8-5-9(15)10(16)4-7(8)12-11(17)6-21(20-12)13-18-2-1-3-19-13/h1-6H,17H2. The predicted octanol–water partition coefficient (Wildman–Crippen LogP) is 3.36. The third kappa shape index (κ3) is 2.55. The lowest BCUT2D eigenvalue weighted by Crippen LogP contribution is -2.00. The van der Waals surface area contributed by atoms with E-state index in [0.717, 1.165) is 0 Å². The molecule has 0 unspecified atom stereocenters. The SMILES string of the molecule is Nc1cn(-c2ncccn2)nc1-c1cc(F)c(Cl)cc1Cl. The monoisotopic (exact) mass is 323 g/mol. The largest absolute Gasteiger partial charge is 0.396 e. The van der Waals surface area contributed by atoms with Crippen molar-refractivity contribution in [1.82, 2.24) is 19.7 Å². The lowest BCUT2D eigenvalue weighted by Gasteiger charge is -2.04. The molecular weight excluding hydrogens is 316 g/mol. The van der Waals surface area contributed by atoms with Gasteiger partial charge in [0, 0.05) is 18.0 Å². The highest BCUT2D eigenvalue weighted by atomic mass is 35.5. The fraction of sp³-hybridized carbons (Fsp3) is 0. The van der Waals surface area contributed by atoms with Gasteiger partial charge in [-0.3, -0.25) is 0 Å². The minimum Gasteiger partial charge on any atom is -0.396 e. The third-order valence-corrected chi connectivity index (χ3v) is 3.37. The first-order valence-electron chi connectivity index (χ1n) is 5.83. The number of rotatable bonds is 2. The van der Waals surface area contributed by atoms with Crippen LogP contribution in [-0.4, -0.2) is 19.7 Å². The molecule has 0 saturated heterocycles. The van der Waals surface area contributed by atoms with Crippen LogP contribution in [0.1, 0.15) is 0 Å². The van der Waals surface area contributed by atoms with E-state index >= 15 is 0 Å². The number of hydrogen-bond acceptors (Lipinski definition) is 4. The molecule has 106 valence electrons. The van der Waals surface area contributed by atoms with Gasteiger partial charge in [0.2, 0.25) is 0 Å². The van der Waals surface area contributed by atoms with Crippen molar-refractivity contribution < 1.29 is 4.39 Å². The van der Waals surface area contributed by atoms with Crippen LogP contribution in [0.4, 0.5) is 10.1 Å². The minimum atomic E-state index is -0.596. The molecule has 21 heavy (non-hydrogen) atoms. The lowest BCUT2D eigenvalue weighted by molar-refractivity contribution is 0.628. The number of benzene rings is 1. The second kappa shape index (κ2) is 5.31. The zero-order valence-electron chi connectivity index (χ0n) is 10.5. The number of aromatic nitrogens is 4. The molecule has 1 aromatic carbocycles. The van der Waals surface area contributed by atoms with E-state index in [0.29, 0.717) is 22.9 Å². The number of nitrogen functional groups attached to an aromatic ring is 1. The Labute approximate surface area is 129 Å². The van der Waals surface area contributed by atoms with Crippen LogP contribution in [0.25, 0.3) is 17.2 Å². The van der Waals surface area contributed by atoms with Gasteiger partial charge < -0.3 is 5.73 Å². The van der Waals surface area contributed by atoms with Crippen LogP contribution in [0.2, 0.25) is 10.0 Å². The Bertz CT molecular complexity index is 804. The van der Waals surface area contributed by atoms with Gasteiger partial charge in [-0.2, -0.15) is 5.10 Å². The van der Waals surface area contributed by atoms with Gasteiger partial charge in [-0.05, 0) is 18.2 Å². The molecule has 5 nitrogen and oxygen atoms in total. The fourth-order valence-electron chi connectivity index (χ4n) is 1.81. The second-order valence-electron chi connectivity index (χ2n) is 4.17. The van der Waals surface area contributed by atoms with E-state index in [-0.39, 0.29) is 10.0 Å². The molecule has 3 rings (SSSR count). The number of nitrogens with zero attached hydrogens (tertiary/aromatic N) is 4. The Morgan fingerprint density at radius 3 is 2.52 bits per heavy atom. The molecule has 0 atom stereocenters. The Balaban J connectivity index is 2.13. The van der Waals surface area contributed by atoms with E-state index < -0.39 is 5.82 Å². The van der Waals surface area contributed by atoms with Crippen LogP contribution in [0.3, 0.4) is 0 Å². The van der Waals surface area contributed by atoms with Gasteiger partial charge in [0.05, 0.1) is 21.9 Å². The van der Waals surface area contributed by atoms with Gasteiger partial charge in [0.1, 0.15) is 11.5 Å². The maximum Gasteiger partial charge on any atom is 0.250 e. The van der Waals surface area contributed by atoms with Crippen molar-refractivity contribution in [2.45, 2.75) is 0 Å². The first-order valence-corrected chi connectivity index (χ1v) is 6.59. The quantitative estimate of drug-likeness (QED) is 0.734. The molecule has 0 aliphatic heterocycles. The van der Waals surface area contributed by atoms with Gasteiger partial charge in [-0.15, -0.1) is 0 Å². The summed E-state index contributed by atoms with van der Waals surface area (Å²) in [6.07, 6.45) is 4.69. The van der Waals surface area contributed by atoms with Crippen molar-refractivity contribution in [3.8, 4) is 17.2 Å². The van der Waals surface area contributed by atoms with Crippen LogP contribution < -0.4 is 5.73 Å².